The van der Waals surface area contributed by atoms with Crippen LogP contribution < -0.4 is 5.56 Å². The average molecular weight is 272 g/mol. The van der Waals surface area contributed by atoms with Crippen LogP contribution in [0.4, 0.5) is 0 Å². The molecule has 100 valence electrons. The molecule has 0 bridgehead atoms. The van der Waals surface area contributed by atoms with E-state index >= 15 is 0 Å². The molecule has 1 aromatic rings. The maximum atomic E-state index is 12.3. The fraction of sp³-hybridized carbons (Fsp3) is 0.538. The zero-order chi connectivity index (χ0) is 13.7. The van der Waals surface area contributed by atoms with Crippen LogP contribution >= 0.6 is 11.6 Å². The SMILES string of the molecule is COCCn1c(C)cc(C)c(CCC(=O)Cl)c1=O. The van der Waals surface area contributed by atoms with Gasteiger partial charge in [0.15, 0.2) is 0 Å². The molecule has 4 nitrogen and oxygen atoms in total. The minimum absolute atomic E-state index is 0.0533. The van der Waals surface area contributed by atoms with E-state index in [9.17, 15) is 9.59 Å². The van der Waals surface area contributed by atoms with Gasteiger partial charge in [-0.1, -0.05) is 0 Å². The highest BCUT2D eigenvalue weighted by atomic mass is 35.5. The number of methoxy groups -OCH3 is 1. The molecule has 0 aliphatic carbocycles. The van der Waals surface area contributed by atoms with Crippen molar-refractivity contribution in [3.05, 3.63) is 33.2 Å². The van der Waals surface area contributed by atoms with E-state index in [4.69, 9.17) is 16.3 Å². The van der Waals surface area contributed by atoms with Gasteiger partial charge in [0.1, 0.15) is 0 Å². The fourth-order valence-corrected chi connectivity index (χ4v) is 2.05. The molecule has 0 aliphatic rings. The summed E-state index contributed by atoms with van der Waals surface area (Å²) in [6.07, 6.45) is 0.575. The third-order valence-electron chi connectivity index (χ3n) is 2.92. The van der Waals surface area contributed by atoms with Crippen LogP contribution in [0.15, 0.2) is 10.9 Å². The predicted molar refractivity (Wildman–Crippen MR) is 71.2 cm³/mol. The normalized spacial score (nSPS) is 10.7. The summed E-state index contributed by atoms with van der Waals surface area (Å²) in [5.74, 6) is 0. The number of nitrogens with zero attached hydrogens (tertiary/aromatic N) is 1. The van der Waals surface area contributed by atoms with E-state index in [0.29, 0.717) is 25.1 Å². The number of rotatable bonds is 6. The predicted octanol–water partition coefficient (Wildman–Crippen LogP) is 1.81. The number of hydrogen-bond donors (Lipinski definition) is 0. The molecular weight excluding hydrogens is 254 g/mol. The zero-order valence-electron chi connectivity index (χ0n) is 11.0. The van der Waals surface area contributed by atoms with Crippen LogP contribution in [0.1, 0.15) is 23.2 Å². The van der Waals surface area contributed by atoms with Crippen molar-refractivity contribution < 1.29 is 9.53 Å². The van der Waals surface area contributed by atoms with Crippen LogP contribution in [-0.2, 0) is 22.5 Å². The first-order chi connectivity index (χ1) is 8.47. The van der Waals surface area contributed by atoms with Gasteiger partial charge in [-0.3, -0.25) is 9.59 Å². The second kappa shape index (κ2) is 6.71. The monoisotopic (exact) mass is 271 g/mol. The summed E-state index contributed by atoms with van der Waals surface area (Å²) in [5, 5.41) is -0.419. The van der Waals surface area contributed by atoms with Crippen LogP contribution in [0.3, 0.4) is 0 Å². The van der Waals surface area contributed by atoms with E-state index < -0.39 is 5.24 Å². The zero-order valence-corrected chi connectivity index (χ0v) is 11.7. The van der Waals surface area contributed by atoms with Gasteiger partial charge in [-0.15, -0.1) is 0 Å². The first kappa shape index (κ1) is 14.9. The van der Waals surface area contributed by atoms with Gasteiger partial charge < -0.3 is 9.30 Å². The van der Waals surface area contributed by atoms with Crippen LogP contribution in [0.25, 0.3) is 0 Å². The fourth-order valence-electron chi connectivity index (χ4n) is 1.96. The number of pyridine rings is 1. The Morgan fingerprint density at radius 2 is 2.11 bits per heavy atom. The Morgan fingerprint density at radius 1 is 1.44 bits per heavy atom. The first-order valence-electron chi connectivity index (χ1n) is 5.84. The van der Waals surface area contributed by atoms with Gasteiger partial charge in [0.25, 0.3) is 5.56 Å². The van der Waals surface area contributed by atoms with Crippen molar-refractivity contribution in [3.63, 3.8) is 0 Å². The molecule has 18 heavy (non-hydrogen) atoms. The number of ether oxygens (including phenoxy) is 1. The molecule has 0 spiro atoms. The molecule has 1 rings (SSSR count). The van der Waals surface area contributed by atoms with Crippen LogP contribution in [-0.4, -0.2) is 23.5 Å². The number of carbonyl (C=O) groups excluding carboxylic acids is 1. The maximum absolute atomic E-state index is 12.3. The van der Waals surface area contributed by atoms with Gasteiger partial charge in [-0.2, -0.15) is 0 Å². The molecule has 1 aromatic heterocycles. The lowest BCUT2D eigenvalue weighted by Gasteiger charge is -2.13. The van der Waals surface area contributed by atoms with Crippen LogP contribution in [0.2, 0.25) is 0 Å². The molecular formula is C13H18ClNO3. The summed E-state index contributed by atoms with van der Waals surface area (Å²) in [4.78, 5) is 23.1. The molecule has 0 saturated heterocycles. The second-order valence-electron chi connectivity index (χ2n) is 4.25. The van der Waals surface area contributed by atoms with E-state index in [1.54, 1.807) is 11.7 Å². The van der Waals surface area contributed by atoms with E-state index in [0.717, 1.165) is 11.3 Å². The maximum Gasteiger partial charge on any atom is 0.254 e. The summed E-state index contributed by atoms with van der Waals surface area (Å²) >= 11 is 5.32. The van der Waals surface area contributed by atoms with E-state index in [1.165, 1.54) is 0 Å². The highest BCUT2D eigenvalue weighted by molar-refractivity contribution is 6.63. The van der Waals surface area contributed by atoms with E-state index in [2.05, 4.69) is 0 Å². The standard InChI is InChI=1S/C13H18ClNO3/c1-9-8-10(2)15(6-7-18-3)13(17)11(9)4-5-12(14)16/h8H,4-7H2,1-3H3. The van der Waals surface area contributed by atoms with Crippen molar-refractivity contribution in [1.82, 2.24) is 4.57 Å². The van der Waals surface area contributed by atoms with Crippen molar-refractivity contribution in [1.29, 1.82) is 0 Å². The van der Waals surface area contributed by atoms with Crippen molar-refractivity contribution in [3.8, 4) is 0 Å². The van der Waals surface area contributed by atoms with Gasteiger partial charge >= 0.3 is 0 Å². The lowest BCUT2D eigenvalue weighted by atomic mass is 10.1. The first-order valence-corrected chi connectivity index (χ1v) is 6.22. The molecule has 0 fully saturated rings. The molecule has 0 radical (unpaired) electrons. The number of carbonyl (C=O) groups is 1. The Balaban J connectivity index is 3.09. The molecule has 0 aliphatic heterocycles. The number of hydrogen-bond acceptors (Lipinski definition) is 3. The van der Waals surface area contributed by atoms with Crippen molar-refractivity contribution >= 4 is 16.8 Å². The summed E-state index contributed by atoms with van der Waals surface area (Å²) in [7, 11) is 1.60. The summed E-state index contributed by atoms with van der Waals surface area (Å²) in [6, 6.07) is 1.95. The Morgan fingerprint density at radius 3 is 2.67 bits per heavy atom. The molecule has 0 unspecified atom stereocenters. The van der Waals surface area contributed by atoms with Gasteiger partial charge in [0, 0.05) is 31.3 Å². The highest BCUT2D eigenvalue weighted by Crippen LogP contribution is 2.09. The topological polar surface area (TPSA) is 48.3 Å². The lowest BCUT2D eigenvalue weighted by Crippen LogP contribution is -2.28. The smallest absolute Gasteiger partial charge is 0.254 e. The van der Waals surface area contributed by atoms with Gasteiger partial charge in [-0.05, 0) is 43.5 Å². The van der Waals surface area contributed by atoms with Gasteiger partial charge in [-0.25, -0.2) is 0 Å². The minimum atomic E-state index is -0.419. The third kappa shape index (κ3) is 3.68. The van der Waals surface area contributed by atoms with Crippen molar-refractivity contribution in [2.24, 2.45) is 0 Å². The second-order valence-corrected chi connectivity index (χ2v) is 4.67. The number of halogens is 1. The van der Waals surface area contributed by atoms with Gasteiger partial charge in [0.05, 0.1) is 6.61 Å². The van der Waals surface area contributed by atoms with E-state index in [-0.39, 0.29) is 12.0 Å². The van der Waals surface area contributed by atoms with Crippen molar-refractivity contribution in [2.75, 3.05) is 13.7 Å². The third-order valence-corrected chi connectivity index (χ3v) is 3.11. The molecule has 1 heterocycles. The Labute approximate surface area is 112 Å². The molecule has 0 saturated carbocycles. The molecule has 0 N–H and O–H groups in total. The number of aromatic nitrogens is 1. The Kier molecular flexibility index (Phi) is 5.56. The Hall–Kier alpha value is -1.13. The Bertz CT molecular complexity index is 494. The summed E-state index contributed by atoms with van der Waals surface area (Å²) in [5.41, 5.74) is 2.41. The average Bonchev–Trinajstić information content (AvgIpc) is 2.27. The lowest BCUT2D eigenvalue weighted by molar-refractivity contribution is -0.111. The quantitative estimate of drug-likeness (QED) is 0.742. The highest BCUT2D eigenvalue weighted by Gasteiger charge is 2.11. The number of aryl methyl sites for hydroxylation is 2. The molecule has 0 atom stereocenters. The van der Waals surface area contributed by atoms with Crippen molar-refractivity contribution in [2.45, 2.75) is 33.2 Å². The van der Waals surface area contributed by atoms with Crippen LogP contribution in [0.5, 0.6) is 0 Å². The minimum Gasteiger partial charge on any atom is -0.383 e. The van der Waals surface area contributed by atoms with E-state index in [1.807, 2.05) is 19.9 Å². The summed E-state index contributed by atoms with van der Waals surface area (Å²) < 4.78 is 6.66. The van der Waals surface area contributed by atoms with Gasteiger partial charge in [0.2, 0.25) is 5.24 Å². The van der Waals surface area contributed by atoms with Crippen LogP contribution in [0, 0.1) is 13.8 Å². The molecule has 0 aromatic carbocycles. The molecule has 0 amide bonds. The summed E-state index contributed by atoms with van der Waals surface area (Å²) in [6.45, 7) is 4.77. The molecule has 5 heteroatoms. The largest absolute Gasteiger partial charge is 0.383 e.